The van der Waals surface area contributed by atoms with Gasteiger partial charge >= 0.3 is 5.69 Å². The van der Waals surface area contributed by atoms with Crippen LogP contribution in [0, 0.1) is 10.1 Å². The van der Waals surface area contributed by atoms with Gasteiger partial charge in [0.15, 0.2) is 5.75 Å². The fraction of sp³-hybridized carbons (Fsp3) is 0.188. The highest BCUT2D eigenvalue weighted by Gasteiger charge is 2.17. The number of rotatable bonds is 5. The van der Waals surface area contributed by atoms with Gasteiger partial charge in [-0.1, -0.05) is 13.0 Å². The number of pyridine rings is 1. The van der Waals surface area contributed by atoms with Crippen LogP contribution < -0.4 is 4.74 Å². The van der Waals surface area contributed by atoms with Crippen LogP contribution in [0.1, 0.15) is 13.3 Å². The lowest BCUT2D eigenvalue weighted by Gasteiger charge is -2.06. The quantitative estimate of drug-likeness (QED) is 0.532. The van der Waals surface area contributed by atoms with Gasteiger partial charge in [0.05, 0.1) is 17.2 Å². The summed E-state index contributed by atoms with van der Waals surface area (Å²) in [5.74, 6) is 0.291. The second-order valence-corrected chi connectivity index (χ2v) is 4.88. The van der Waals surface area contributed by atoms with Crippen LogP contribution in [0.2, 0.25) is 0 Å². The van der Waals surface area contributed by atoms with Gasteiger partial charge < -0.3 is 9.14 Å². The maximum absolute atomic E-state index is 11.2. The topological polar surface area (TPSA) is 69.7 Å². The molecule has 1 aromatic carbocycles. The van der Waals surface area contributed by atoms with Crippen molar-refractivity contribution < 1.29 is 9.66 Å². The van der Waals surface area contributed by atoms with E-state index in [2.05, 4.69) is 4.98 Å². The minimum atomic E-state index is -0.426. The molecule has 0 aliphatic heterocycles. The van der Waals surface area contributed by atoms with E-state index in [9.17, 15) is 10.1 Å². The molecule has 0 unspecified atom stereocenters. The molecule has 0 spiro atoms. The van der Waals surface area contributed by atoms with Gasteiger partial charge in [0, 0.05) is 24.0 Å². The van der Waals surface area contributed by atoms with Gasteiger partial charge in [0.2, 0.25) is 0 Å². The molecule has 0 saturated carbocycles. The van der Waals surface area contributed by atoms with E-state index in [1.54, 1.807) is 12.1 Å². The normalized spacial score (nSPS) is 10.8. The Kier molecular flexibility index (Phi) is 3.74. The number of imidazole rings is 1. The lowest BCUT2D eigenvalue weighted by molar-refractivity contribution is -0.385. The molecule has 2 heterocycles. The van der Waals surface area contributed by atoms with Crippen molar-refractivity contribution in [1.82, 2.24) is 9.38 Å². The van der Waals surface area contributed by atoms with Crippen molar-refractivity contribution >= 4 is 11.3 Å². The highest BCUT2D eigenvalue weighted by atomic mass is 16.6. The summed E-state index contributed by atoms with van der Waals surface area (Å²) in [4.78, 5) is 15.3. The van der Waals surface area contributed by atoms with Gasteiger partial charge in [-0.15, -0.1) is 0 Å². The standard InChI is InChI=1S/C16H15N3O3/c1-2-9-22-15-7-6-12(10-14(15)19(20)21)13-11-18-8-4-3-5-16(18)17-13/h3-8,10-11H,2,9H2,1H3. The molecule has 0 bridgehead atoms. The lowest BCUT2D eigenvalue weighted by atomic mass is 10.1. The Balaban J connectivity index is 2.03. The number of nitro groups is 1. The summed E-state index contributed by atoms with van der Waals surface area (Å²) in [6, 6.07) is 10.6. The molecule has 0 fully saturated rings. The summed E-state index contributed by atoms with van der Waals surface area (Å²) in [6.45, 7) is 2.41. The molecule has 112 valence electrons. The molecule has 0 aliphatic carbocycles. The third-order valence-corrected chi connectivity index (χ3v) is 3.28. The van der Waals surface area contributed by atoms with E-state index in [1.165, 1.54) is 6.07 Å². The smallest absolute Gasteiger partial charge is 0.311 e. The van der Waals surface area contributed by atoms with E-state index in [-0.39, 0.29) is 5.69 Å². The fourth-order valence-electron chi connectivity index (χ4n) is 2.23. The van der Waals surface area contributed by atoms with Crippen LogP contribution in [0.5, 0.6) is 5.75 Å². The first kappa shape index (κ1) is 14.1. The largest absolute Gasteiger partial charge is 0.487 e. The minimum Gasteiger partial charge on any atom is -0.487 e. The van der Waals surface area contributed by atoms with Crippen LogP contribution in [0.4, 0.5) is 5.69 Å². The fourth-order valence-corrected chi connectivity index (χ4v) is 2.23. The zero-order chi connectivity index (χ0) is 15.5. The van der Waals surface area contributed by atoms with E-state index in [4.69, 9.17) is 4.74 Å². The number of ether oxygens (including phenoxy) is 1. The zero-order valence-electron chi connectivity index (χ0n) is 12.1. The van der Waals surface area contributed by atoms with Crippen molar-refractivity contribution in [2.75, 3.05) is 6.61 Å². The van der Waals surface area contributed by atoms with Gasteiger partial charge in [-0.25, -0.2) is 4.98 Å². The molecule has 3 rings (SSSR count). The van der Waals surface area contributed by atoms with E-state index in [0.717, 1.165) is 12.1 Å². The number of nitro benzene ring substituents is 1. The summed E-state index contributed by atoms with van der Waals surface area (Å²) >= 11 is 0. The van der Waals surface area contributed by atoms with E-state index in [0.29, 0.717) is 23.6 Å². The third kappa shape index (κ3) is 2.63. The zero-order valence-corrected chi connectivity index (χ0v) is 12.1. The Labute approximate surface area is 127 Å². The molecule has 0 radical (unpaired) electrons. The SMILES string of the molecule is CCCOc1ccc(-c2cn3ccccc3n2)cc1[N+](=O)[O-]. The molecule has 0 N–H and O–H groups in total. The first-order valence-corrected chi connectivity index (χ1v) is 7.04. The molecule has 0 amide bonds. The van der Waals surface area contributed by atoms with Gasteiger partial charge in [0.1, 0.15) is 5.65 Å². The summed E-state index contributed by atoms with van der Waals surface area (Å²) in [5.41, 5.74) is 2.14. The number of nitrogens with zero attached hydrogens (tertiary/aromatic N) is 3. The Morgan fingerprint density at radius 2 is 2.18 bits per heavy atom. The molecule has 0 aliphatic rings. The summed E-state index contributed by atoms with van der Waals surface area (Å²) in [7, 11) is 0. The molecule has 22 heavy (non-hydrogen) atoms. The number of fused-ring (bicyclic) bond motifs is 1. The van der Waals surface area contributed by atoms with Gasteiger partial charge in [-0.05, 0) is 30.7 Å². The molecule has 0 saturated heterocycles. The van der Waals surface area contributed by atoms with Crippen LogP contribution >= 0.6 is 0 Å². The van der Waals surface area contributed by atoms with Crippen molar-refractivity contribution in [3.63, 3.8) is 0 Å². The highest BCUT2D eigenvalue weighted by Crippen LogP contribution is 2.32. The first-order chi connectivity index (χ1) is 10.7. The molecule has 6 heteroatoms. The molecular weight excluding hydrogens is 282 g/mol. The van der Waals surface area contributed by atoms with Crippen molar-refractivity contribution in [2.24, 2.45) is 0 Å². The third-order valence-electron chi connectivity index (χ3n) is 3.28. The molecule has 2 aromatic heterocycles. The predicted molar refractivity (Wildman–Crippen MR) is 83.1 cm³/mol. The van der Waals surface area contributed by atoms with Crippen molar-refractivity contribution in [2.45, 2.75) is 13.3 Å². The van der Waals surface area contributed by atoms with Gasteiger partial charge in [-0.2, -0.15) is 0 Å². The molecule has 0 atom stereocenters. The van der Waals surface area contributed by atoms with Crippen LogP contribution in [0.3, 0.4) is 0 Å². The van der Waals surface area contributed by atoms with E-state index >= 15 is 0 Å². The summed E-state index contributed by atoms with van der Waals surface area (Å²) < 4.78 is 7.31. The Hall–Kier alpha value is -2.89. The van der Waals surface area contributed by atoms with Gasteiger partial charge in [-0.3, -0.25) is 10.1 Å². The second kappa shape index (κ2) is 5.85. The Bertz CT molecular complexity index is 793. The number of benzene rings is 1. The van der Waals surface area contributed by atoms with Crippen molar-refractivity contribution in [3.8, 4) is 17.0 Å². The predicted octanol–water partition coefficient (Wildman–Crippen LogP) is 3.70. The number of aromatic nitrogens is 2. The van der Waals surface area contributed by atoms with E-state index in [1.807, 2.05) is 41.9 Å². The number of hydrogen-bond acceptors (Lipinski definition) is 4. The van der Waals surface area contributed by atoms with Gasteiger partial charge in [0.25, 0.3) is 0 Å². The average Bonchev–Trinajstić information content (AvgIpc) is 2.96. The molecule has 6 nitrogen and oxygen atoms in total. The maximum atomic E-state index is 11.2. The van der Waals surface area contributed by atoms with E-state index < -0.39 is 4.92 Å². The van der Waals surface area contributed by atoms with Crippen LogP contribution in [-0.4, -0.2) is 20.9 Å². The Morgan fingerprint density at radius 3 is 2.91 bits per heavy atom. The maximum Gasteiger partial charge on any atom is 0.311 e. The minimum absolute atomic E-state index is 0.0389. The van der Waals surface area contributed by atoms with Crippen molar-refractivity contribution in [3.05, 3.63) is 58.9 Å². The second-order valence-electron chi connectivity index (χ2n) is 4.88. The Morgan fingerprint density at radius 1 is 1.32 bits per heavy atom. The van der Waals surface area contributed by atoms with Crippen LogP contribution in [0.25, 0.3) is 16.9 Å². The lowest BCUT2D eigenvalue weighted by Crippen LogP contribution is -1.99. The first-order valence-electron chi connectivity index (χ1n) is 7.04. The molecular formula is C16H15N3O3. The summed E-state index contributed by atoms with van der Waals surface area (Å²) in [6.07, 6.45) is 4.53. The van der Waals surface area contributed by atoms with Crippen LogP contribution in [-0.2, 0) is 0 Å². The monoisotopic (exact) mass is 297 g/mol. The highest BCUT2D eigenvalue weighted by molar-refractivity contribution is 5.68. The number of hydrogen-bond donors (Lipinski definition) is 0. The molecule has 3 aromatic rings. The summed E-state index contributed by atoms with van der Waals surface area (Å²) in [5, 5.41) is 11.2. The average molecular weight is 297 g/mol. The van der Waals surface area contributed by atoms with Crippen molar-refractivity contribution in [1.29, 1.82) is 0 Å². The van der Waals surface area contributed by atoms with Crippen LogP contribution in [0.15, 0.2) is 48.8 Å².